The van der Waals surface area contributed by atoms with E-state index in [1.165, 1.54) is 68.7 Å². The molecule has 1 aliphatic carbocycles. The molecular weight excluding hydrogens is 378 g/mol. The second-order valence-electron chi connectivity index (χ2n) is 9.20. The Kier molecular flexibility index (Phi) is 6.84. The van der Waals surface area contributed by atoms with Crippen LogP contribution < -0.4 is 0 Å². The smallest absolute Gasteiger partial charge is 0.159 e. The van der Waals surface area contributed by atoms with Crippen molar-refractivity contribution < 1.29 is 8.78 Å². The lowest BCUT2D eigenvalue weighted by molar-refractivity contribution is 0.216. The molecule has 29 heavy (non-hydrogen) atoms. The molecule has 2 aliphatic rings. The first kappa shape index (κ1) is 20.8. The van der Waals surface area contributed by atoms with Crippen LogP contribution in [0.1, 0.15) is 63.4 Å². The van der Waals surface area contributed by atoms with Crippen molar-refractivity contribution in [2.24, 2.45) is 11.8 Å². The topological polar surface area (TPSA) is 0 Å². The highest BCUT2D eigenvalue weighted by atomic mass is 28.3. The first-order valence-corrected chi connectivity index (χ1v) is 13.6. The Bertz CT molecular complexity index is 785. The Morgan fingerprint density at radius 2 is 1.38 bits per heavy atom. The Labute approximate surface area is 176 Å². The van der Waals surface area contributed by atoms with E-state index in [0.717, 1.165) is 23.0 Å². The van der Waals surface area contributed by atoms with E-state index in [9.17, 15) is 8.78 Å². The van der Waals surface area contributed by atoms with Gasteiger partial charge < -0.3 is 0 Å². The van der Waals surface area contributed by atoms with Crippen molar-refractivity contribution in [1.82, 2.24) is 0 Å². The van der Waals surface area contributed by atoms with Gasteiger partial charge in [-0.15, -0.1) is 0 Å². The summed E-state index contributed by atoms with van der Waals surface area (Å²) >= 11 is 0. The van der Waals surface area contributed by atoms with Gasteiger partial charge in [0.15, 0.2) is 11.6 Å². The number of halogens is 2. The average molecular weight is 412 g/mol. The van der Waals surface area contributed by atoms with Gasteiger partial charge in [0.1, 0.15) is 0 Å². The highest BCUT2D eigenvalue weighted by molar-refractivity contribution is 6.58. The van der Waals surface area contributed by atoms with Crippen LogP contribution in [0.25, 0.3) is 11.1 Å². The van der Waals surface area contributed by atoms with E-state index < -0.39 is 11.6 Å². The van der Waals surface area contributed by atoms with Crippen molar-refractivity contribution in [2.75, 3.05) is 0 Å². The van der Waals surface area contributed by atoms with Crippen molar-refractivity contribution in [2.45, 2.75) is 75.9 Å². The minimum absolute atomic E-state index is 0.00150. The summed E-state index contributed by atoms with van der Waals surface area (Å²) in [5, 5.41) is 0. The van der Waals surface area contributed by atoms with Gasteiger partial charge in [-0.3, -0.25) is 0 Å². The lowest BCUT2D eigenvalue weighted by Gasteiger charge is -2.37. The summed E-state index contributed by atoms with van der Waals surface area (Å²) < 4.78 is 26.7. The molecule has 2 aromatic rings. The Morgan fingerprint density at radius 1 is 0.759 bits per heavy atom. The van der Waals surface area contributed by atoms with E-state index in [0.29, 0.717) is 5.92 Å². The largest absolute Gasteiger partial charge is 0.204 e. The third-order valence-corrected chi connectivity index (χ3v) is 10.6. The minimum Gasteiger partial charge on any atom is -0.204 e. The molecule has 3 heteroatoms. The zero-order valence-corrected chi connectivity index (χ0v) is 18.6. The highest BCUT2D eigenvalue weighted by Crippen LogP contribution is 2.43. The van der Waals surface area contributed by atoms with Crippen LogP contribution in [0.4, 0.5) is 8.78 Å². The molecule has 0 amide bonds. The molecule has 0 nitrogen and oxygen atoms in total. The molecule has 0 spiro atoms. The van der Waals surface area contributed by atoms with Gasteiger partial charge in [0.05, 0.1) is 0 Å². The average Bonchev–Trinajstić information content (AvgIpc) is 2.77. The van der Waals surface area contributed by atoms with Crippen LogP contribution in [0, 0.1) is 23.5 Å². The fourth-order valence-corrected chi connectivity index (χ4v) is 8.69. The molecule has 0 atom stereocenters. The second kappa shape index (κ2) is 9.55. The summed E-state index contributed by atoms with van der Waals surface area (Å²) in [6.45, 7) is 2.34. The number of benzene rings is 2. The van der Waals surface area contributed by atoms with Crippen LogP contribution in [0.2, 0.25) is 18.1 Å². The molecule has 0 aromatic heterocycles. The monoisotopic (exact) mass is 411 g/mol. The predicted octanol–water partition coefficient (Wildman–Crippen LogP) is 8.22. The maximum absolute atomic E-state index is 13.5. The van der Waals surface area contributed by atoms with E-state index in [1.807, 2.05) is 0 Å². The van der Waals surface area contributed by atoms with Crippen molar-refractivity contribution >= 4 is 8.80 Å². The molecule has 155 valence electrons. The molecule has 4 rings (SSSR count). The quantitative estimate of drug-likeness (QED) is 0.435. The van der Waals surface area contributed by atoms with Crippen LogP contribution in [0.15, 0.2) is 42.5 Å². The van der Waals surface area contributed by atoms with E-state index in [2.05, 4.69) is 31.2 Å². The van der Waals surface area contributed by atoms with Crippen LogP contribution in [0.5, 0.6) is 0 Å². The molecule has 2 fully saturated rings. The molecule has 0 N–H and O–H groups in total. The van der Waals surface area contributed by atoms with E-state index >= 15 is 0 Å². The SMILES string of the molecule is CCC[Si]1CCC(C2CCC(c3ccc(-c4ccc(F)c(F)c4)cc3)CC2)CC1. The molecule has 1 heterocycles. The van der Waals surface area contributed by atoms with Crippen molar-refractivity contribution in [3.63, 3.8) is 0 Å². The van der Waals surface area contributed by atoms with Gasteiger partial charge in [-0.25, -0.2) is 8.78 Å². The lowest BCUT2D eigenvalue weighted by Crippen LogP contribution is -2.28. The molecule has 1 saturated heterocycles. The minimum atomic E-state index is -0.789. The van der Waals surface area contributed by atoms with Crippen LogP contribution >= 0.6 is 0 Å². The number of hydrogen-bond donors (Lipinski definition) is 0. The molecule has 0 unspecified atom stereocenters. The van der Waals surface area contributed by atoms with Crippen LogP contribution in [-0.4, -0.2) is 8.80 Å². The van der Waals surface area contributed by atoms with Gasteiger partial charge in [0.25, 0.3) is 0 Å². The highest BCUT2D eigenvalue weighted by Gasteiger charge is 2.31. The van der Waals surface area contributed by atoms with Crippen molar-refractivity contribution in [1.29, 1.82) is 0 Å². The molecule has 1 aliphatic heterocycles. The Hall–Kier alpha value is -1.48. The van der Waals surface area contributed by atoms with Gasteiger partial charge in [0, 0.05) is 8.80 Å². The third kappa shape index (κ3) is 4.99. The van der Waals surface area contributed by atoms with E-state index in [1.54, 1.807) is 18.2 Å². The fraction of sp³-hybridized carbons (Fsp3) is 0.538. The lowest BCUT2D eigenvalue weighted by atomic mass is 9.72. The maximum Gasteiger partial charge on any atom is 0.159 e. The van der Waals surface area contributed by atoms with Crippen LogP contribution in [0.3, 0.4) is 0 Å². The molecule has 2 aromatic carbocycles. The summed E-state index contributed by atoms with van der Waals surface area (Å²) in [6, 6.07) is 17.3. The van der Waals surface area contributed by atoms with Crippen LogP contribution in [-0.2, 0) is 0 Å². The van der Waals surface area contributed by atoms with Gasteiger partial charge in [0.2, 0.25) is 0 Å². The van der Waals surface area contributed by atoms with Crippen molar-refractivity contribution in [3.8, 4) is 11.1 Å². The van der Waals surface area contributed by atoms with Gasteiger partial charge in [-0.2, -0.15) is 0 Å². The third-order valence-electron chi connectivity index (χ3n) is 7.41. The Balaban J connectivity index is 1.31. The molecule has 0 bridgehead atoms. The fourth-order valence-electron chi connectivity index (χ4n) is 5.67. The molecule has 1 radical (unpaired) electrons. The maximum atomic E-state index is 13.5. The van der Waals surface area contributed by atoms with E-state index in [4.69, 9.17) is 0 Å². The first-order chi connectivity index (χ1) is 14.1. The molecule has 1 saturated carbocycles. The summed E-state index contributed by atoms with van der Waals surface area (Å²) in [7, 11) is 0.00150. The normalized spacial score (nSPS) is 24.0. The zero-order valence-electron chi connectivity index (χ0n) is 17.6. The predicted molar refractivity (Wildman–Crippen MR) is 120 cm³/mol. The van der Waals surface area contributed by atoms with E-state index in [-0.39, 0.29) is 8.80 Å². The summed E-state index contributed by atoms with van der Waals surface area (Å²) in [5.41, 5.74) is 3.10. The first-order valence-electron chi connectivity index (χ1n) is 11.5. The zero-order chi connectivity index (χ0) is 20.2. The Morgan fingerprint density at radius 3 is 2.00 bits per heavy atom. The summed E-state index contributed by atoms with van der Waals surface area (Å²) in [6.07, 6.45) is 9.78. The van der Waals surface area contributed by atoms with Gasteiger partial charge in [-0.1, -0.05) is 74.7 Å². The standard InChI is InChI=1S/C26H33F2Si/c1-2-15-29-16-13-23(14-17-29)21-5-3-19(4-6-21)20-7-9-22(10-8-20)24-11-12-25(27)26(28)18-24/h7-12,18-19,21,23H,2-6,13-17H2,1H3. The summed E-state index contributed by atoms with van der Waals surface area (Å²) in [4.78, 5) is 0. The van der Waals surface area contributed by atoms with Gasteiger partial charge >= 0.3 is 0 Å². The summed E-state index contributed by atoms with van der Waals surface area (Å²) in [5.74, 6) is 1.04. The number of hydrogen-bond acceptors (Lipinski definition) is 0. The van der Waals surface area contributed by atoms with Crippen molar-refractivity contribution in [3.05, 3.63) is 59.7 Å². The molecular formula is C26H33F2Si. The van der Waals surface area contributed by atoms with Gasteiger partial charge in [-0.05, 0) is 72.3 Å². The second-order valence-corrected chi connectivity index (χ2v) is 12.2. The number of rotatable bonds is 5.